The second-order valence-corrected chi connectivity index (χ2v) is 7.58. The van der Waals surface area contributed by atoms with Crippen LogP contribution in [0.15, 0.2) is 58.4 Å². The first-order chi connectivity index (χ1) is 11.4. The van der Waals surface area contributed by atoms with Crippen molar-refractivity contribution in [2.24, 2.45) is 10.1 Å². The summed E-state index contributed by atoms with van der Waals surface area (Å²) in [6, 6.07) is 15.3. The fourth-order valence-corrected chi connectivity index (χ4v) is 4.04. The van der Waals surface area contributed by atoms with E-state index in [1.54, 1.807) is 12.1 Å². The number of nitrogens with zero attached hydrogens (tertiary/aromatic N) is 1. The third kappa shape index (κ3) is 2.33. The maximum atomic E-state index is 12.0. The minimum absolute atomic E-state index is 0.144. The molecule has 0 amide bonds. The molecule has 1 aliphatic rings. The third-order valence-electron chi connectivity index (χ3n) is 4.40. The molecule has 0 aromatic heterocycles. The zero-order valence-electron chi connectivity index (χ0n) is 13.2. The van der Waals surface area contributed by atoms with Gasteiger partial charge in [-0.3, -0.25) is 4.99 Å². The molecular formula is C19H16N2O2S. The minimum atomic E-state index is -3.81. The largest absolute Gasteiger partial charge is 0.288 e. The number of hydrogen-bond donors (Lipinski definition) is 1. The summed E-state index contributed by atoms with van der Waals surface area (Å²) in [5.74, 6) is 0. The van der Waals surface area contributed by atoms with Gasteiger partial charge in [-0.25, -0.2) is 13.6 Å². The van der Waals surface area contributed by atoms with Crippen molar-refractivity contribution in [3.63, 3.8) is 0 Å². The van der Waals surface area contributed by atoms with Gasteiger partial charge in [0.25, 0.3) is 0 Å². The lowest BCUT2D eigenvalue weighted by molar-refractivity contribution is 0.598. The summed E-state index contributed by atoms with van der Waals surface area (Å²) < 4.78 is 24.1. The Balaban J connectivity index is 2.12. The molecule has 120 valence electrons. The van der Waals surface area contributed by atoms with Crippen LogP contribution < -0.4 is 5.14 Å². The van der Waals surface area contributed by atoms with Crippen LogP contribution in [-0.2, 0) is 16.6 Å². The van der Waals surface area contributed by atoms with Crippen molar-refractivity contribution >= 4 is 27.0 Å². The fraction of sp³-hybridized carbons (Fsp3) is 0.105. The Kier molecular flexibility index (Phi) is 3.30. The van der Waals surface area contributed by atoms with Gasteiger partial charge in [0.1, 0.15) is 0 Å². The lowest BCUT2D eigenvalue weighted by Crippen LogP contribution is -2.14. The average molecular weight is 336 g/mol. The number of primary sulfonamides is 1. The maximum Gasteiger partial charge on any atom is 0.238 e. The molecule has 4 nitrogen and oxygen atoms in total. The Hall–Kier alpha value is -2.50. The van der Waals surface area contributed by atoms with Crippen LogP contribution in [0.4, 0.5) is 0 Å². The number of sulfonamides is 1. The number of fused-ring (bicyclic) bond motifs is 3. The van der Waals surface area contributed by atoms with Gasteiger partial charge in [0.15, 0.2) is 0 Å². The summed E-state index contributed by atoms with van der Waals surface area (Å²) in [4.78, 5) is 4.54. The van der Waals surface area contributed by atoms with Gasteiger partial charge in [-0.05, 0) is 41.0 Å². The monoisotopic (exact) mass is 336 g/mol. The molecule has 0 saturated heterocycles. The molecule has 0 unspecified atom stereocenters. The van der Waals surface area contributed by atoms with Gasteiger partial charge in [-0.1, -0.05) is 42.0 Å². The molecule has 4 rings (SSSR count). The van der Waals surface area contributed by atoms with E-state index in [1.807, 2.05) is 43.5 Å². The van der Waals surface area contributed by atoms with Crippen molar-refractivity contribution < 1.29 is 8.42 Å². The zero-order chi connectivity index (χ0) is 16.9. The summed E-state index contributed by atoms with van der Waals surface area (Å²) in [6.07, 6.45) is 1.83. The molecule has 0 spiro atoms. The lowest BCUT2D eigenvalue weighted by atomic mass is 9.91. The SMILES string of the molecule is Cc1ccc(S(N)(=O)=O)c(-c2cc3ccccc3c3c2C=NC3)c1. The van der Waals surface area contributed by atoms with Crippen LogP contribution in [0.1, 0.15) is 16.7 Å². The van der Waals surface area contributed by atoms with Crippen molar-refractivity contribution in [1.82, 2.24) is 0 Å². The van der Waals surface area contributed by atoms with Crippen LogP contribution in [0.5, 0.6) is 0 Å². The molecule has 0 saturated carbocycles. The lowest BCUT2D eigenvalue weighted by Gasteiger charge is -2.14. The van der Waals surface area contributed by atoms with Gasteiger partial charge < -0.3 is 0 Å². The molecule has 1 aliphatic heterocycles. The van der Waals surface area contributed by atoms with E-state index in [-0.39, 0.29) is 4.90 Å². The minimum Gasteiger partial charge on any atom is -0.288 e. The highest BCUT2D eigenvalue weighted by Crippen LogP contribution is 2.37. The highest BCUT2D eigenvalue weighted by atomic mass is 32.2. The Morgan fingerprint density at radius 3 is 2.62 bits per heavy atom. The topological polar surface area (TPSA) is 72.5 Å². The molecule has 0 fully saturated rings. The Morgan fingerprint density at radius 1 is 1.04 bits per heavy atom. The highest BCUT2D eigenvalue weighted by molar-refractivity contribution is 7.89. The highest BCUT2D eigenvalue weighted by Gasteiger charge is 2.21. The van der Waals surface area contributed by atoms with Crippen LogP contribution in [0.3, 0.4) is 0 Å². The first-order valence-electron chi connectivity index (χ1n) is 7.63. The standard InChI is InChI=1S/C19H16N2O2S/c1-12-6-7-19(24(20,22)23)16(8-12)15-9-13-4-2-3-5-14(13)17-10-21-11-18(15)17/h2-9,11H,10H2,1H3,(H2,20,22,23). The number of rotatable bonds is 2. The van der Waals surface area contributed by atoms with E-state index in [4.69, 9.17) is 5.14 Å². The molecular weight excluding hydrogens is 320 g/mol. The summed E-state index contributed by atoms with van der Waals surface area (Å²) in [7, 11) is -3.81. The maximum absolute atomic E-state index is 12.0. The Bertz CT molecular complexity index is 1120. The zero-order valence-corrected chi connectivity index (χ0v) is 14.0. The van der Waals surface area contributed by atoms with E-state index in [9.17, 15) is 8.42 Å². The molecule has 0 aliphatic carbocycles. The van der Waals surface area contributed by atoms with Crippen molar-refractivity contribution in [2.45, 2.75) is 18.4 Å². The van der Waals surface area contributed by atoms with Gasteiger partial charge in [0, 0.05) is 17.3 Å². The Labute approximate surface area is 140 Å². The average Bonchev–Trinajstić information content (AvgIpc) is 3.02. The van der Waals surface area contributed by atoms with E-state index in [1.165, 1.54) is 0 Å². The molecule has 2 N–H and O–H groups in total. The van der Waals surface area contributed by atoms with Crippen LogP contribution in [0.2, 0.25) is 0 Å². The van der Waals surface area contributed by atoms with Crippen LogP contribution >= 0.6 is 0 Å². The van der Waals surface area contributed by atoms with E-state index in [0.29, 0.717) is 12.1 Å². The van der Waals surface area contributed by atoms with Gasteiger partial charge in [-0.15, -0.1) is 0 Å². The number of aryl methyl sites for hydroxylation is 1. The van der Waals surface area contributed by atoms with Crippen LogP contribution in [-0.4, -0.2) is 14.6 Å². The van der Waals surface area contributed by atoms with Gasteiger partial charge in [0.2, 0.25) is 10.0 Å². The van der Waals surface area contributed by atoms with Crippen molar-refractivity contribution in [1.29, 1.82) is 0 Å². The normalized spacial score (nSPS) is 13.4. The molecule has 5 heteroatoms. The molecule has 0 bridgehead atoms. The molecule has 0 radical (unpaired) electrons. The smallest absolute Gasteiger partial charge is 0.238 e. The summed E-state index contributed by atoms with van der Waals surface area (Å²) in [5.41, 5.74) is 4.58. The molecule has 3 aromatic rings. The number of hydrogen-bond acceptors (Lipinski definition) is 3. The molecule has 3 aromatic carbocycles. The van der Waals surface area contributed by atoms with Crippen molar-refractivity contribution in [3.05, 3.63) is 65.2 Å². The summed E-state index contributed by atoms with van der Waals surface area (Å²) in [5, 5.41) is 7.66. The van der Waals surface area contributed by atoms with Gasteiger partial charge in [0.05, 0.1) is 11.4 Å². The molecule has 1 heterocycles. The first-order valence-corrected chi connectivity index (χ1v) is 9.18. The van der Waals surface area contributed by atoms with Crippen LogP contribution in [0.25, 0.3) is 21.9 Å². The van der Waals surface area contributed by atoms with Crippen LogP contribution in [0, 0.1) is 6.92 Å². The molecule has 0 atom stereocenters. The predicted octanol–water partition coefficient (Wildman–Crippen LogP) is 3.40. The van der Waals surface area contributed by atoms with E-state index >= 15 is 0 Å². The van der Waals surface area contributed by atoms with Crippen molar-refractivity contribution in [2.75, 3.05) is 0 Å². The fourth-order valence-electron chi connectivity index (χ4n) is 3.31. The van der Waals surface area contributed by atoms with E-state index in [2.05, 4.69) is 11.1 Å². The summed E-state index contributed by atoms with van der Waals surface area (Å²) >= 11 is 0. The quantitative estimate of drug-likeness (QED) is 0.779. The summed E-state index contributed by atoms with van der Waals surface area (Å²) in [6.45, 7) is 2.55. The van der Waals surface area contributed by atoms with Gasteiger partial charge >= 0.3 is 0 Å². The van der Waals surface area contributed by atoms with Crippen molar-refractivity contribution in [3.8, 4) is 11.1 Å². The third-order valence-corrected chi connectivity index (χ3v) is 5.37. The number of aliphatic imine (C=N–C) groups is 1. The second kappa shape index (κ2) is 5.26. The van der Waals surface area contributed by atoms with E-state index < -0.39 is 10.0 Å². The first kappa shape index (κ1) is 15.1. The predicted molar refractivity (Wildman–Crippen MR) is 96.8 cm³/mol. The molecule has 24 heavy (non-hydrogen) atoms. The van der Waals surface area contributed by atoms with E-state index in [0.717, 1.165) is 33.0 Å². The Morgan fingerprint density at radius 2 is 1.83 bits per heavy atom. The number of nitrogens with two attached hydrogens (primary N) is 1. The second-order valence-electron chi connectivity index (χ2n) is 6.05. The van der Waals surface area contributed by atoms with Gasteiger partial charge in [-0.2, -0.15) is 0 Å². The number of benzene rings is 3.